The number of hydrogen-bond acceptors (Lipinski definition) is 9. The number of rotatable bonds is 10. The van der Waals surface area contributed by atoms with Crippen LogP contribution in [0.25, 0.3) is 11.2 Å². The van der Waals surface area contributed by atoms with Crippen molar-refractivity contribution in [1.29, 1.82) is 0 Å². The lowest BCUT2D eigenvalue weighted by atomic mass is 10.1. The van der Waals surface area contributed by atoms with Gasteiger partial charge in [-0.3, -0.25) is 18.1 Å². The summed E-state index contributed by atoms with van der Waals surface area (Å²) in [5.41, 5.74) is 0.692. The van der Waals surface area contributed by atoms with Gasteiger partial charge in [0.1, 0.15) is 11.3 Å². The maximum atomic E-state index is 16.3. The van der Waals surface area contributed by atoms with E-state index in [-0.39, 0.29) is 27.4 Å². The third-order valence-corrected chi connectivity index (χ3v) is 11.2. The molecule has 1 saturated heterocycles. The van der Waals surface area contributed by atoms with Crippen LogP contribution in [0.4, 0.5) is 10.2 Å². The molecule has 47 heavy (non-hydrogen) atoms. The Kier molecular flexibility index (Phi) is 9.34. The minimum Gasteiger partial charge on any atom is -0.451 e. The van der Waals surface area contributed by atoms with Crippen LogP contribution in [0.2, 0.25) is 0 Å². The van der Waals surface area contributed by atoms with E-state index in [9.17, 15) is 28.1 Å². The number of anilines is 1. The van der Waals surface area contributed by atoms with Crippen molar-refractivity contribution in [3.8, 4) is 0 Å². The smallest absolute Gasteiger partial charge is 0.341 e. The lowest BCUT2D eigenvalue weighted by molar-refractivity contribution is -0.0474. The highest BCUT2D eigenvalue weighted by Crippen LogP contribution is 2.49. The Morgan fingerprint density at radius 3 is 2.21 bits per heavy atom. The van der Waals surface area contributed by atoms with Crippen LogP contribution in [0.3, 0.4) is 0 Å². The van der Waals surface area contributed by atoms with Crippen molar-refractivity contribution in [2.45, 2.75) is 40.9 Å². The second-order valence-corrected chi connectivity index (χ2v) is 14.3. The zero-order chi connectivity index (χ0) is 33.1. The van der Waals surface area contributed by atoms with Crippen molar-refractivity contribution in [3.05, 3.63) is 115 Å². The van der Waals surface area contributed by atoms with Gasteiger partial charge in [-0.05, 0) is 36.4 Å². The lowest BCUT2D eigenvalue weighted by Crippen LogP contribution is -2.34. The molecule has 3 aromatic carbocycles. The standard InChI is InChI=1S/C31H27FN5O8PS/c32-24-22(16-23(46(40,41)42)47(43)21-14-8-3-9-15-21)44-30(26(24)45-31(39)20-12-6-2-7-13-20)37-18-35-25-27(33-17-34-28(25)37)36-29(38)19-10-4-1-5-11-19/h1-15,17-18,22-24,26,30H,16H2,(H2,40,41,42)(H,33,34,36,38)/t22-,23?,24-,26-,30-,47?/m1/s1. The summed E-state index contributed by atoms with van der Waals surface area (Å²) in [4.78, 5) is 57.3. The first-order valence-corrected chi connectivity index (χ1v) is 17.1. The topological polar surface area (TPSA) is 183 Å². The number of esters is 1. The number of aromatic nitrogens is 4. The van der Waals surface area contributed by atoms with Crippen LogP contribution in [0, 0.1) is 0 Å². The highest BCUT2D eigenvalue weighted by Gasteiger charge is 2.52. The molecule has 0 aliphatic carbocycles. The first kappa shape index (κ1) is 32.3. The number of ether oxygens (including phenoxy) is 2. The predicted molar refractivity (Wildman–Crippen MR) is 167 cm³/mol. The molecule has 0 saturated carbocycles. The second kappa shape index (κ2) is 13.6. The van der Waals surface area contributed by atoms with Crippen LogP contribution < -0.4 is 5.32 Å². The summed E-state index contributed by atoms with van der Waals surface area (Å²) < 4.78 is 55.2. The first-order chi connectivity index (χ1) is 22.6. The maximum absolute atomic E-state index is 16.3. The number of carbonyl (C=O) groups is 2. The Balaban J connectivity index is 1.34. The molecule has 3 heterocycles. The van der Waals surface area contributed by atoms with E-state index in [1.807, 2.05) is 0 Å². The Morgan fingerprint density at radius 2 is 1.57 bits per heavy atom. The van der Waals surface area contributed by atoms with E-state index in [0.29, 0.717) is 5.56 Å². The molecule has 6 rings (SSSR count). The monoisotopic (exact) mass is 679 g/mol. The fourth-order valence-corrected chi connectivity index (χ4v) is 8.11. The van der Waals surface area contributed by atoms with Crippen LogP contribution in [0.15, 0.2) is 109 Å². The molecular formula is C31H27FN5O8PS. The lowest BCUT2D eigenvalue weighted by Gasteiger charge is -2.22. The predicted octanol–water partition coefficient (Wildman–Crippen LogP) is 4.24. The molecule has 1 amide bonds. The molecule has 2 aromatic heterocycles. The normalized spacial score (nSPS) is 20.8. The molecular weight excluding hydrogens is 652 g/mol. The maximum Gasteiger partial charge on any atom is 0.341 e. The van der Waals surface area contributed by atoms with E-state index < -0.39 is 66.3 Å². The molecule has 13 nitrogen and oxygen atoms in total. The van der Waals surface area contributed by atoms with Crippen molar-refractivity contribution in [1.82, 2.24) is 19.5 Å². The summed E-state index contributed by atoms with van der Waals surface area (Å²) in [7, 11) is -7.32. The molecule has 3 N–H and O–H groups in total. The van der Waals surface area contributed by atoms with E-state index >= 15 is 4.39 Å². The van der Waals surface area contributed by atoms with Gasteiger partial charge in [-0.15, -0.1) is 0 Å². The average molecular weight is 680 g/mol. The molecule has 0 spiro atoms. The fraction of sp³-hybridized carbons (Fsp3) is 0.194. The van der Waals surface area contributed by atoms with Gasteiger partial charge in [0.15, 0.2) is 35.5 Å². The molecule has 0 bridgehead atoms. The van der Waals surface area contributed by atoms with Gasteiger partial charge in [0.25, 0.3) is 5.91 Å². The van der Waals surface area contributed by atoms with Crippen LogP contribution in [-0.4, -0.2) is 68.8 Å². The number of hydrogen-bond donors (Lipinski definition) is 3. The Labute approximate surface area is 269 Å². The van der Waals surface area contributed by atoms with Gasteiger partial charge in [-0.2, -0.15) is 0 Å². The molecule has 16 heteroatoms. The van der Waals surface area contributed by atoms with Gasteiger partial charge in [0.2, 0.25) is 0 Å². The van der Waals surface area contributed by atoms with Crippen molar-refractivity contribution in [2.24, 2.45) is 0 Å². The zero-order valence-electron chi connectivity index (χ0n) is 24.3. The van der Waals surface area contributed by atoms with E-state index in [4.69, 9.17) is 9.47 Å². The number of nitrogens with one attached hydrogen (secondary N) is 1. The van der Waals surface area contributed by atoms with Crippen LogP contribution >= 0.6 is 7.60 Å². The number of amides is 1. The molecule has 6 atom stereocenters. The van der Waals surface area contributed by atoms with E-state index in [1.165, 1.54) is 35.2 Å². The number of fused-ring (bicyclic) bond motifs is 1. The van der Waals surface area contributed by atoms with E-state index in [2.05, 4.69) is 20.3 Å². The third kappa shape index (κ3) is 6.89. The summed E-state index contributed by atoms with van der Waals surface area (Å²) in [6.45, 7) is 0. The average Bonchev–Trinajstić information content (AvgIpc) is 3.65. The molecule has 1 fully saturated rings. The van der Waals surface area contributed by atoms with Crippen LogP contribution in [0.5, 0.6) is 0 Å². The van der Waals surface area contributed by atoms with Crippen molar-refractivity contribution >= 4 is 47.3 Å². The SMILES string of the molecule is O=C(Nc1ncnc2c1ncn2[C@@H]1O[C@H](CC(S(=O)c2ccccc2)P(=O)(O)O)[C@@H](F)[C@H]1OC(=O)c1ccccc1)c1ccccc1. The fourth-order valence-electron chi connectivity index (χ4n) is 5.16. The minimum absolute atomic E-state index is 0.0478. The molecule has 1 aliphatic heterocycles. The second-order valence-electron chi connectivity index (χ2n) is 10.5. The summed E-state index contributed by atoms with van der Waals surface area (Å²) in [6, 6.07) is 23.9. The Bertz CT molecular complexity index is 1960. The summed E-state index contributed by atoms with van der Waals surface area (Å²) >= 11 is 0. The quantitative estimate of drug-likeness (QED) is 0.142. The van der Waals surface area contributed by atoms with Gasteiger partial charge in [-0.25, -0.2) is 24.1 Å². The number of alkyl halides is 1. The minimum atomic E-state index is -5.07. The highest BCUT2D eigenvalue weighted by molar-refractivity contribution is 7.93. The van der Waals surface area contributed by atoms with Gasteiger partial charge in [0, 0.05) is 16.9 Å². The van der Waals surface area contributed by atoms with Crippen LogP contribution in [-0.2, 0) is 24.8 Å². The van der Waals surface area contributed by atoms with Crippen molar-refractivity contribution in [3.63, 3.8) is 0 Å². The van der Waals surface area contributed by atoms with Gasteiger partial charge in [-0.1, -0.05) is 54.6 Å². The molecule has 1 aliphatic rings. The highest BCUT2D eigenvalue weighted by atomic mass is 32.2. The Morgan fingerprint density at radius 1 is 0.957 bits per heavy atom. The first-order valence-electron chi connectivity index (χ1n) is 14.2. The molecule has 0 radical (unpaired) electrons. The Hall–Kier alpha value is -4.66. The van der Waals surface area contributed by atoms with Gasteiger partial charge >= 0.3 is 13.6 Å². The molecule has 2 unspecified atom stereocenters. The van der Waals surface area contributed by atoms with Crippen LogP contribution in [0.1, 0.15) is 33.4 Å². The van der Waals surface area contributed by atoms with Gasteiger partial charge < -0.3 is 24.6 Å². The largest absolute Gasteiger partial charge is 0.451 e. The summed E-state index contributed by atoms with van der Waals surface area (Å²) in [6.07, 6.45) is -5.06. The van der Waals surface area contributed by atoms with Crippen molar-refractivity contribution < 1.29 is 42.0 Å². The van der Waals surface area contributed by atoms with E-state index in [1.54, 1.807) is 66.7 Å². The zero-order valence-corrected chi connectivity index (χ0v) is 26.0. The number of carbonyl (C=O) groups excluding carboxylic acids is 2. The number of imidazole rings is 1. The third-order valence-electron chi connectivity index (χ3n) is 7.45. The molecule has 242 valence electrons. The summed E-state index contributed by atoms with van der Waals surface area (Å²) in [5, 5.41) is 2.67. The number of nitrogens with zero attached hydrogens (tertiary/aromatic N) is 4. The van der Waals surface area contributed by atoms with Crippen molar-refractivity contribution in [2.75, 3.05) is 5.32 Å². The van der Waals surface area contributed by atoms with Gasteiger partial charge in [0.05, 0.1) is 28.8 Å². The molecule has 5 aromatic rings. The van der Waals surface area contributed by atoms with E-state index in [0.717, 1.165) is 6.33 Å². The number of benzene rings is 3. The number of halogens is 1. The summed E-state index contributed by atoms with van der Waals surface area (Å²) in [5.74, 6) is -1.29.